The summed E-state index contributed by atoms with van der Waals surface area (Å²) in [5.41, 5.74) is 2.59. The Labute approximate surface area is 134 Å². The lowest BCUT2D eigenvalue weighted by molar-refractivity contribution is 0.0879. The highest BCUT2D eigenvalue weighted by Gasteiger charge is 2.33. The van der Waals surface area contributed by atoms with Gasteiger partial charge in [-0.3, -0.25) is 14.9 Å². The van der Waals surface area contributed by atoms with Gasteiger partial charge in [0, 0.05) is 5.56 Å². The zero-order valence-corrected chi connectivity index (χ0v) is 13.0. The molecule has 0 saturated heterocycles. The SMILES string of the molecule is COc1cc2c(c(CCc3ccccc3)c1OC)C(=O)NC2=O. The summed E-state index contributed by atoms with van der Waals surface area (Å²) in [5.74, 6) is 0.187. The first kappa shape index (κ1) is 15.1. The number of carbonyl (C=O) groups is 2. The van der Waals surface area contributed by atoms with Crippen LogP contribution in [0.15, 0.2) is 36.4 Å². The topological polar surface area (TPSA) is 64.6 Å². The van der Waals surface area contributed by atoms with Gasteiger partial charge in [0.1, 0.15) is 0 Å². The monoisotopic (exact) mass is 311 g/mol. The van der Waals surface area contributed by atoms with Crippen molar-refractivity contribution in [2.75, 3.05) is 14.2 Å². The highest BCUT2D eigenvalue weighted by molar-refractivity contribution is 6.22. The number of methoxy groups -OCH3 is 2. The molecule has 23 heavy (non-hydrogen) atoms. The molecule has 118 valence electrons. The zero-order valence-electron chi connectivity index (χ0n) is 13.0. The summed E-state index contributed by atoms with van der Waals surface area (Å²) >= 11 is 0. The first-order valence-electron chi connectivity index (χ1n) is 7.33. The van der Waals surface area contributed by atoms with Crippen LogP contribution in [0.4, 0.5) is 0 Å². The summed E-state index contributed by atoms with van der Waals surface area (Å²) in [6, 6.07) is 11.5. The van der Waals surface area contributed by atoms with Gasteiger partial charge in [-0.2, -0.15) is 0 Å². The van der Waals surface area contributed by atoms with E-state index in [0.717, 1.165) is 12.0 Å². The van der Waals surface area contributed by atoms with Gasteiger partial charge in [0.15, 0.2) is 11.5 Å². The van der Waals surface area contributed by atoms with Crippen LogP contribution in [0.25, 0.3) is 0 Å². The van der Waals surface area contributed by atoms with Crippen LogP contribution in [0.5, 0.6) is 11.5 Å². The van der Waals surface area contributed by atoms with Crippen molar-refractivity contribution in [2.24, 2.45) is 0 Å². The summed E-state index contributed by atoms with van der Waals surface area (Å²) < 4.78 is 10.8. The number of imide groups is 1. The fourth-order valence-corrected chi connectivity index (χ4v) is 2.89. The average molecular weight is 311 g/mol. The molecule has 0 unspecified atom stereocenters. The Morgan fingerprint density at radius 3 is 2.35 bits per heavy atom. The molecule has 0 atom stereocenters. The molecule has 5 heteroatoms. The number of hydrogen-bond donors (Lipinski definition) is 1. The maximum atomic E-state index is 12.1. The lowest BCUT2D eigenvalue weighted by Crippen LogP contribution is -2.20. The van der Waals surface area contributed by atoms with Crippen LogP contribution < -0.4 is 14.8 Å². The standard InChI is InChI=1S/C18H17NO4/c1-22-14-10-13-15(18(21)19-17(13)20)12(16(14)23-2)9-8-11-6-4-3-5-7-11/h3-7,10H,8-9H2,1-2H3,(H,19,20,21). The minimum Gasteiger partial charge on any atom is -0.493 e. The second-order valence-electron chi connectivity index (χ2n) is 5.28. The van der Waals surface area contributed by atoms with Crippen LogP contribution >= 0.6 is 0 Å². The first-order valence-corrected chi connectivity index (χ1v) is 7.33. The number of amides is 2. The minimum absolute atomic E-state index is 0.343. The van der Waals surface area contributed by atoms with Crippen molar-refractivity contribution in [1.82, 2.24) is 5.32 Å². The average Bonchev–Trinajstić information content (AvgIpc) is 2.86. The van der Waals surface area contributed by atoms with Crippen LogP contribution in [0.1, 0.15) is 31.8 Å². The second-order valence-corrected chi connectivity index (χ2v) is 5.28. The molecular formula is C18H17NO4. The van der Waals surface area contributed by atoms with E-state index in [-0.39, 0.29) is 5.91 Å². The third kappa shape index (κ3) is 2.65. The molecule has 1 N–H and O–H groups in total. The summed E-state index contributed by atoms with van der Waals surface area (Å²) in [6.07, 6.45) is 1.31. The lowest BCUT2D eigenvalue weighted by atomic mass is 9.95. The maximum absolute atomic E-state index is 12.1. The van der Waals surface area contributed by atoms with Crippen molar-refractivity contribution < 1.29 is 19.1 Å². The van der Waals surface area contributed by atoms with Crippen LogP contribution in [0.2, 0.25) is 0 Å². The van der Waals surface area contributed by atoms with E-state index in [0.29, 0.717) is 34.6 Å². The number of rotatable bonds is 5. The maximum Gasteiger partial charge on any atom is 0.259 e. The Balaban J connectivity index is 2.06. The number of ether oxygens (including phenoxy) is 2. The molecule has 0 saturated carbocycles. The molecule has 2 aromatic rings. The highest BCUT2D eigenvalue weighted by atomic mass is 16.5. The van der Waals surface area contributed by atoms with Crippen LogP contribution in [-0.2, 0) is 12.8 Å². The van der Waals surface area contributed by atoms with Crippen molar-refractivity contribution in [3.63, 3.8) is 0 Å². The lowest BCUT2D eigenvalue weighted by Gasteiger charge is -2.15. The van der Waals surface area contributed by atoms with Crippen molar-refractivity contribution in [2.45, 2.75) is 12.8 Å². The molecule has 3 rings (SSSR count). The smallest absolute Gasteiger partial charge is 0.259 e. The molecule has 0 aliphatic carbocycles. The number of hydrogen-bond acceptors (Lipinski definition) is 4. The molecule has 0 spiro atoms. The molecule has 1 aliphatic rings. The summed E-state index contributed by atoms with van der Waals surface area (Å²) in [6.45, 7) is 0. The summed E-state index contributed by atoms with van der Waals surface area (Å²) in [4.78, 5) is 24.1. The predicted molar refractivity (Wildman–Crippen MR) is 85.2 cm³/mol. The largest absolute Gasteiger partial charge is 0.493 e. The number of aryl methyl sites for hydroxylation is 1. The quantitative estimate of drug-likeness (QED) is 0.861. The zero-order chi connectivity index (χ0) is 16.4. The summed E-state index contributed by atoms with van der Waals surface area (Å²) in [7, 11) is 3.05. The Morgan fingerprint density at radius 2 is 1.70 bits per heavy atom. The number of fused-ring (bicyclic) bond motifs is 1. The van der Waals surface area contributed by atoms with E-state index in [1.807, 2.05) is 30.3 Å². The Morgan fingerprint density at radius 1 is 0.957 bits per heavy atom. The van der Waals surface area contributed by atoms with Gasteiger partial charge in [-0.05, 0) is 24.5 Å². The number of carbonyl (C=O) groups excluding carboxylic acids is 2. The van der Waals surface area contributed by atoms with Crippen LogP contribution in [-0.4, -0.2) is 26.0 Å². The van der Waals surface area contributed by atoms with Crippen molar-refractivity contribution in [3.05, 3.63) is 58.7 Å². The first-order chi connectivity index (χ1) is 11.2. The molecule has 0 aromatic heterocycles. The van der Waals surface area contributed by atoms with Gasteiger partial charge in [-0.15, -0.1) is 0 Å². The van der Waals surface area contributed by atoms with Gasteiger partial charge in [0.25, 0.3) is 11.8 Å². The van der Waals surface area contributed by atoms with Gasteiger partial charge >= 0.3 is 0 Å². The van der Waals surface area contributed by atoms with Gasteiger partial charge in [0.05, 0.1) is 25.3 Å². The molecule has 2 amide bonds. The fourth-order valence-electron chi connectivity index (χ4n) is 2.89. The van der Waals surface area contributed by atoms with Crippen molar-refractivity contribution in [1.29, 1.82) is 0 Å². The fraction of sp³-hybridized carbons (Fsp3) is 0.222. The van der Waals surface area contributed by atoms with Crippen molar-refractivity contribution >= 4 is 11.8 Å². The number of benzene rings is 2. The van der Waals surface area contributed by atoms with Crippen LogP contribution in [0, 0.1) is 0 Å². The van der Waals surface area contributed by atoms with E-state index in [4.69, 9.17) is 9.47 Å². The molecule has 1 aliphatic heterocycles. The third-order valence-electron chi connectivity index (χ3n) is 3.97. The molecule has 1 heterocycles. The minimum atomic E-state index is -0.396. The Bertz CT molecular complexity index is 768. The van der Waals surface area contributed by atoms with Crippen molar-refractivity contribution in [3.8, 4) is 11.5 Å². The molecule has 0 radical (unpaired) electrons. The van der Waals surface area contributed by atoms with E-state index >= 15 is 0 Å². The van der Waals surface area contributed by atoms with Gasteiger partial charge < -0.3 is 9.47 Å². The van der Waals surface area contributed by atoms with Crippen LogP contribution in [0.3, 0.4) is 0 Å². The molecule has 5 nitrogen and oxygen atoms in total. The van der Waals surface area contributed by atoms with E-state index in [1.165, 1.54) is 14.2 Å². The van der Waals surface area contributed by atoms with E-state index in [1.54, 1.807) is 6.07 Å². The molecule has 0 bridgehead atoms. The summed E-state index contributed by atoms with van der Waals surface area (Å²) in [5, 5.41) is 2.33. The van der Waals surface area contributed by atoms with E-state index in [2.05, 4.69) is 5.32 Å². The van der Waals surface area contributed by atoms with E-state index < -0.39 is 5.91 Å². The molecule has 2 aromatic carbocycles. The van der Waals surface area contributed by atoms with Gasteiger partial charge in [-0.1, -0.05) is 30.3 Å². The Kier molecular flexibility index (Phi) is 4.02. The second kappa shape index (κ2) is 6.12. The van der Waals surface area contributed by atoms with Gasteiger partial charge in [-0.25, -0.2) is 0 Å². The molecule has 0 fully saturated rings. The van der Waals surface area contributed by atoms with Gasteiger partial charge in [0.2, 0.25) is 0 Å². The van der Waals surface area contributed by atoms with E-state index in [9.17, 15) is 9.59 Å². The predicted octanol–water partition coefficient (Wildman–Crippen LogP) is 2.37. The highest BCUT2D eigenvalue weighted by Crippen LogP contribution is 2.38. The Hall–Kier alpha value is -2.82. The normalized spacial score (nSPS) is 12.8. The third-order valence-corrected chi connectivity index (χ3v) is 3.97. The molecular weight excluding hydrogens is 294 g/mol. The number of nitrogens with one attached hydrogen (secondary N) is 1.